The van der Waals surface area contributed by atoms with Crippen molar-refractivity contribution < 1.29 is 9.90 Å². The third-order valence-electron chi connectivity index (χ3n) is 2.38. The molecule has 0 aliphatic rings. The number of carbonyl (C=O) groups is 1. The molecule has 1 N–H and O–H groups in total. The van der Waals surface area contributed by atoms with Gasteiger partial charge in [-0.05, 0) is 18.8 Å². The van der Waals surface area contributed by atoms with Gasteiger partial charge in [0.2, 0.25) is 0 Å². The van der Waals surface area contributed by atoms with E-state index in [1.165, 1.54) is 0 Å². The number of aliphatic hydroxyl groups excluding tert-OH is 1. The predicted molar refractivity (Wildman–Crippen MR) is 60.9 cm³/mol. The number of aliphatic hydroxyl groups is 1. The van der Waals surface area contributed by atoms with Gasteiger partial charge in [-0.15, -0.1) is 0 Å². The highest BCUT2D eigenvalue weighted by Crippen LogP contribution is 2.11. The Bertz CT molecular complexity index is 304. The van der Waals surface area contributed by atoms with Crippen molar-refractivity contribution in [1.29, 1.82) is 0 Å². The molecule has 0 heterocycles. The highest BCUT2D eigenvalue weighted by molar-refractivity contribution is 5.99. The molecule has 0 spiro atoms. The van der Waals surface area contributed by atoms with Crippen LogP contribution in [0.4, 0.5) is 0 Å². The van der Waals surface area contributed by atoms with Crippen LogP contribution in [0.1, 0.15) is 37.0 Å². The van der Waals surface area contributed by atoms with Crippen molar-refractivity contribution in [3.8, 4) is 0 Å². The molecular weight excluding hydrogens is 188 g/mol. The quantitative estimate of drug-likeness (QED) is 0.752. The lowest BCUT2D eigenvalue weighted by Gasteiger charge is -2.10. The Balaban J connectivity index is 2.54. The molecule has 0 saturated heterocycles. The number of rotatable bonds is 5. The zero-order valence-corrected chi connectivity index (χ0v) is 9.31. The SMILES string of the molecule is CC(C)CCC(O)C(=O)c1ccccc1. The standard InChI is InChI=1S/C13H18O2/c1-10(2)8-9-12(14)13(15)11-6-4-3-5-7-11/h3-7,10,12,14H,8-9H2,1-2H3. The summed E-state index contributed by atoms with van der Waals surface area (Å²) in [5.41, 5.74) is 0.591. The number of ketones is 1. The first kappa shape index (κ1) is 11.9. The van der Waals surface area contributed by atoms with Gasteiger partial charge in [0.15, 0.2) is 5.78 Å². The van der Waals surface area contributed by atoms with Crippen LogP contribution in [0.25, 0.3) is 0 Å². The molecule has 0 aromatic heterocycles. The van der Waals surface area contributed by atoms with Gasteiger partial charge >= 0.3 is 0 Å². The molecule has 1 atom stereocenters. The van der Waals surface area contributed by atoms with Crippen LogP contribution in [0, 0.1) is 5.92 Å². The van der Waals surface area contributed by atoms with Crippen molar-refractivity contribution in [2.45, 2.75) is 32.8 Å². The fourth-order valence-electron chi connectivity index (χ4n) is 1.42. The van der Waals surface area contributed by atoms with E-state index < -0.39 is 6.10 Å². The molecule has 1 aromatic rings. The number of benzene rings is 1. The first-order valence-electron chi connectivity index (χ1n) is 5.38. The molecule has 1 unspecified atom stereocenters. The minimum Gasteiger partial charge on any atom is -0.385 e. The molecule has 2 nitrogen and oxygen atoms in total. The zero-order valence-electron chi connectivity index (χ0n) is 9.31. The Kier molecular flexibility index (Phi) is 4.50. The largest absolute Gasteiger partial charge is 0.385 e. The van der Waals surface area contributed by atoms with Gasteiger partial charge in [-0.3, -0.25) is 4.79 Å². The van der Waals surface area contributed by atoms with E-state index in [2.05, 4.69) is 13.8 Å². The molecular formula is C13H18O2. The normalized spacial score (nSPS) is 12.8. The molecule has 82 valence electrons. The number of hydrogen-bond donors (Lipinski definition) is 1. The van der Waals surface area contributed by atoms with Gasteiger partial charge in [0.25, 0.3) is 0 Å². The van der Waals surface area contributed by atoms with Crippen LogP contribution in [-0.2, 0) is 0 Å². The minimum absolute atomic E-state index is 0.170. The van der Waals surface area contributed by atoms with Crippen LogP contribution in [0.3, 0.4) is 0 Å². The Hall–Kier alpha value is -1.15. The van der Waals surface area contributed by atoms with Gasteiger partial charge in [0.05, 0.1) is 0 Å². The monoisotopic (exact) mass is 206 g/mol. The molecule has 15 heavy (non-hydrogen) atoms. The fourth-order valence-corrected chi connectivity index (χ4v) is 1.42. The maximum Gasteiger partial charge on any atom is 0.191 e. The van der Waals surface area contributed by atoms with E-state index in [9.17, 15) is 9.90 Å². The minimum atomic E-state index is -0.852. The molecule has 0 radical (unpaired) electrons. The van der Waals surface area contributed by atoms with E-state index in [0.717, 1.165) is 6.42 Å². The Labute approximate surface area is 90.9 Å². The average molecular weight is 206 g/mol. The van der Waals surface area contributed by atoms with Gasteiger partial charge in [-0.2, -0.15) is 0 Å². The molecule has 0 bridgehead atoms. The van der Waals surface area contributed by atoms with Gasteiger partial charge in [-0.25, -0.2) is 0 Å². The summed E-state index contributed by atoms with van der Waals surface area (Å²) in [6.45, 7) is 4.17. The first-order chi connectivity index (χ1) is 7.11. The van der Waals surface area contributed by atoms with Crippen LogP contribution in [0.5, 0.6) is 0 Å². The van der Waals surface area contributed by atoms with E-state index in [-0.39, 0.29) is 5.78 Å². The smallest absolute Gasteiger partial charge is 0.191 e. The second kappa shape index (κ2) is 5.66. The van der Waals surface area contributed by atoms with Crippen molar-refractivity contribution in [3.05, 3.63) is 35.9 Å². The van der Waals surface area contributed by atoms with Crippen LogP contribution >= 0.6 is 0 Å². The molecule has 0 aliphatic heterocycles. The number of Topliss-reactive ketones (excluding diaryl/α,β-unsaturated/α-hetero) is 1. The van der Waals surface area contributed by atoms with Crippen LogP contribution in [-0.4, -0.2) is 17.0 Å². The highest BCUT2D eigenvalue weighted by atomic mass is 16.3. The van der Waals surface area contributed by atoms with E-state index >= 15 is 0 Å². The summed E-state index contributed by atoms with van der Waals surface area (Å²) in [6.07, 6.45) is 0.570. The van der Waals surface area contributed by atoms with Crippen LogP contribution in [0.2, 0.25) is 0 Å². The van der Waals surface area contributed by atoms with Crippen LogP contribution < -0.4 is 0 Å². The summed E-state index contributed by atoms with van der Waals surface area (Å²) < 4.78 is 0. The Morgan fingerprint density at radius 1 is 1.20 bits per heavy atom. The fraction of sp³-hybridized carbons (Fsp3) is 0.462. The van der Waals surface area contributed by atoms with E-state index in [0.29, 0.717) is 17.9 Å². The Morgan fingerprint density at radius 2 is 1.80 bits per heavy atom. The lowest BCUT2D eigenvalue weighted by Crippen LogP contribution is -2.20. The zero-order chi connectivity index (χ0) is 11.3. The van der Waals surface area contributed by atoms with E-state index in [1.807, 2.05) is 18.2 Å². The average Bonchev–Trinajstić information content (AvgIpc) is 2.26. The van der Waals surface area contributed by atoms with Crippen molar-refractivity contribution in [2.75, 3.05) is 0 Å². The number of carbonyl (C=O) groups excluding carboxylic acids is 1. The van der Waals surface area contributed by atoms with Crippen molar-refractivity contribution in [2.24, 2.45) is 5.92 Å². The summed E-state index contributed by atoms with van der Waals surface area (Å²) in [6, 6.07) is 8.95. The third kappa shape index (κ3) is 3.84. The molecule has 1 rings (SSSR count). The summed E-state index contributed by atoms with van der Waals surface area (Å²) >= 11 is 0. The maximum atomic E-state index is 11.7. The summed E-state index contributed by atoms with van der Waals surface area (Å²) in [5.74, 6) is 0.347. The predicted octanol–water partition coefficient (Wildman–Crippen LogP) is 2.67. The second-order valence-corrected chi connectivity index (χ2v) is 4.22. The van der Waals surface area contributed by atoms with Crippen molar-refractivity contribution in [3.63, 3.8) is 0 Å². The first-order valence-corrected chi connectivity index (χ1v) is 5.38. The van der Waals surface area contributed by atoms with Gasteiger partial charge in [-0.1, -0.05) is 44.2 Å². The van der Waals surface area contributed by atoms with E-state index in [4.69, 9.17) is 0 Å². The topological polar surface area (TPSA) is 37.3 Å². The Morgan fingerprint density at radius 3 is 2.33 bits per heavy atom. The molecule has 0 fully saturated rings. The van der Waals surface area contributed by atoms with Crippen LogP contribution in [0.15, 0.2) is 30.3 Å². The molecule has 0 amide bonds. The lowest BCUT2D eigenvalue weighted by atomic mass is 9.99. The lowest BCUT2D eigenvalue weighted by molar-refractivity contribution is 0.0719. The van der Waals surface area contributed by atoms with E-state index in [1.54, 1.807) is 12.1 Å². The third-order valence-corrected chi connectivity index (χ3v) is 2.38. The number of hydrogen-bond acceptors (Lipinski definition) is 2. The summed E-state index contributed by atoms with van der Waals surface area (Å²) in [5, 5.41) is 9.67. The maximum absolute atomic E-state index is 11.7. The van der Waals surface area contributed by atoms with Gasteiger partial charge < -0.3 is 5.11 Å². The summed E-state index contributed by atoms with van der Waals surface area (Å²) in [4.78, 5) is 11.7. The van der Waals surface area contributed by atoms with Crippen molar-refractivity contribution in [1.82, 2.24) is 0 Å². The summed E-state index contributed by atoms with van der Waals surface area (Å²) in [7, 11) is 0. The molecule has 2 heteroatoms. The van der Waals surface area contributed by atoms with Gasteiger partial charge in [0.1, 0.15) is 6.10 Å². The molecule has 0 aliphatic carbocycles. The van der Waals surface area contributed by atoms with Crippen molar-refractivity contribution >= 4 is 5.78 Å². The second-order valence-electron chi connectivity index (χ2n) is 4.22. The molecule has 1 aromatic carbocycles. The van der Waals surface area contributed by atoms with Gasteiger partial charge in [0, 0.05) is 5.56 Å². The molecule has 0 saturated carbocycles. The highest BCUT2D eigenvalue weighted by Gasteiger charge is 2.16.